The maximum Gasteiger partial charge on any atom is 0.339 e. The second kappa shape index (κ2) is 9.10. The van der Waals surface area contributed by atoms with Crippen molar-refractivity contribution in [3.8, 4) is 5.75 Å². The third-order valence-corrected chi connectivity index (χ3v) is 7.11. The van der Waals surface area contributed by atoms with Crippen LogP contribution >= 0.6 is 0 Å². The summed E-state index contributed by atoms with van der Waals surface area (Å²) in [6.07, 6.45) is 5.27. The number of fused-ring (bicyclic) bond motifs is 2. The van der Waals surface area contributed by atoms with Gasteiger partial charge in [-0.3, -0.25) is 4.79 Å². The van der Waals surface area contributed by atoms with Gasteiger partial charge in [-0.05, 0) is 62.8 Å². The van der Waals surface area contributed by atoms with Gasteiger partial charge < -0.3 is 19.2 Å². The smallest absolute Gasteiger partial charge is 0.339 e. The topological polar surface area (TPSA) is 80.0 Å². The Morgan fingerprint density at radius 2 is 2.16 bits per heavy atom. The van der Waals surface area contributed by atoms with Crippen molar-refractivity contribution in [2.45, 2.75) is 64.4 Å². The molecule has 2 aliphatic rings. The molecule has 2 fully saturated rings. The number of likely N-dealkylation sites (tertiary alicyclic amines) is 1. The van der Waals surface area contributed by atoms with Crippen LogP contribution in [0.2, 0.25) is 0 Å². The molecule has 32 heavy (non-hydrogen) atoms. The molecule has 1 saturated heterocycles. The Morgan fingerprint density at radius 1 is 1.34 bits per heavy atom. The zero-order chi connectivity index (χ0) is 22.9. The fraction of sp³-hybridized carbons (Fsp3) is 0.538. The number of carbonyl (C=O) groups is 1. The summed E-state index contributed by atoms with van der Waals surface area (Å²) < 4.78 is 11.2. The lowest BCUT2D eigenvalue weighted by Gasteiger charge is -2.47. The minimum atomic E-state index is -0.599. The Labute approximate surface area is 188 Å². The number of nitrogens with zero attached hydrogens (tertiary/aromatic N) is 1. The average molecular weight is 440 g/mol. The second-order valence-electron chi connectivity index (χ2n) is 9.53. The molecule has 1 N–H and O–H groups in total. The number of piperidine rings is 1. The Bertz CT molecular complexity index is 1090. The number of hydrogen-bond acceptors (Lipinski definition) is 5. The number of rotatable bonds is 6. The van der Waals surface area contributed by atoms with Gasteiger partial charge in [-0.25, -0.2) is 4.79 Å². The molecule has 2 atom stereocenters. The summed E-state index contributed by atoms with van der Waals surface area (Å²) in [5.74, 6) is 0.835. The third kappa shape index (κ3) is 4.60. The number of ether oxygens (including phenoxy) is 1. The highest BCUT2D eigenvalue weighted by atomic mass is 16.5. The largest absolute Gasteiger partial charge is 0.489 e. The summed E-state index contributed by atoms with van der Waals surface area (Å²) in [5.41, 5.74) is 1.78. The summed E-state index contributed by atoms with van der Waals surface area (Å²) in [7, 11) is 0. The van der Waals surface area contributed by atoms with E-state index in [0.717, 1.165) is 42.2 Å². The standard InChI is InChI=1S/C26H33NO5/c1-17(2)16-31-20-7-8-21-18(3)22(25(29)32-23(21)14-20)9-10-24(28)27-13-12-26(30)11-5-4-6-19(26)15-27/h7-8,14,19,30H,1,4-6,9-13,15-16H2,2-3H3/t19-,26+/m1/s1. The Hall–Kier alpha value is -2.60. The maximum absolute atomic E-state index is 12.9. The van der Waals surface area contributed by atoms with Gasteiger partial charge in [0.15, 0.2) is 0 Å². The van der Waals surface area contributed by atoms with Crippen LogP contribution in [0.5, 0.6) is 5.75 Å². The molecule has 1 aliphatic heterocycles. The summed E-state index contributed by atoms with van der Waals surface area (Å²) in [5, 5.41) is 11.7. The molecule has 6 nitrogen and oxygen atoms in total. The van der Waals surface area contributed by atoms with E-state index in [1.807, 2.05) is 30.9 Å². The molecule has 0 bridgehead atoms. The normalized spacial score (nSPS) is 23.1. The number of carbonyl (C=O) groups excluding carboxylic acids is 1. The van der Waals surface area contributed by atoms with E-state index in [1.165, 1.54) is 0 Å². The van der Waals surface area contributed by atoms with Gasteiger partial charge in [0.25, 0.3) is 0 Å². The van der Waals surface area contributed by atoms with Crippen molar-refractivity contribution in [2.24, 2.45) is 5.92 Å². The second-order valence-corrected chi connectivity index (χ2v) is 9.53. The SMILES string of the molecule is C=C(C)COc1ccc2c(C)c(CCC(=O)N3CC[C@@]4(O)CCCC[C@@H]4C3)c(=O)oc2c1. The van der Waals surface area contributed by atoms with Crippen molar-refractivity contribution in [3.05, 3.63) is 51.9 Å². The van der Waals surface area contributed by atoms with Gasteiger partial charge in [-0.2, -0.15) is 0 Å². The molecule has 172 valence electrons. The van der Waals surface area contributed by atoms with Crippen LogP contribution in [0.4, 0.5) is 0 Å². The Morgan fingerprint density at radius 3 is 2.94 bits per heavy atom. The van der Waals surface area contributed by atoms with Crippen LogP contribution in [0, 0.1) is 12.8 Å². The first-order chi connectivity index (χ1) is 15.3. The highest BCUT2D eigenvalue weighted by Crippen LogP contribution is 2.39. The van der Waals surface area contributed by atoms with Crippen molar-refractivity contribution >= 4 is 16.9 Å². The van der Waals surface area contributed by atoms with Crippen LogP contribution in [-0.4, -0.2) is 41.2 Å². The van der Waals surface area contributed by atoms with Gasteiger partial charge in [-0.1, -0.05) is 19.4 Å². The third-order valence-electron chi connectivity index (χ3n) is 7.11. The number of aliphatic hydroxyl groups is 1. The van der Waals surface area contributed by atoms with Crippen LogP contribution in [0.25, 0.3) is 11.0 Å². The molecule has 1 amide bonds. The van der Waals surface area contributed by atoms with Crippen LogP contribution in [0.3, 0.4) is 0 Å². The van der Waals surface area contributed by atoms with E-state index in [2.05, 4.69) is 6.58 Å². The number of hydrogen-bond donors (Lipinski definition) is 1. The van der Waals surface area contributed by atoms with Crippen molar-refractivity contribution in [2.75, 3.05) is 19.7 Å². The molecule has 0 radical (unpaired) electrons. The Kier molecular flexibility index (Phi) is 6.42. The monoisotopic (exact) mass is 439 g/mol. The summed E-state index contributed by atoms with van der Waals surface area (Å²) >= 11 is 0. The van der Waals surface area contributed by atoms with E-state index < -0.39 is 11.2 Å². The van der Waals surface area contributed by atoms with E-state index in [1.54, 1.807) is 6.07 Å². The highest BCUT2D eigenvalue weighted by Gasteiger charge is 2.43. The van der Waals surface area contributed by atoms with E-state index in [-0.39, 0.29) is 18.2 Å². The first kappa shape index (κ1) is 22.6. The van der Waals surface area contributed by atoms with Crippen LogP contribution in [0.1, 0.15) is 56.6 Å². The van der Waals surface area contributed by atoms with E-state index in [0.29, 0.717) is 49.4 Å². The predicted octanol–water partition coefficient (Wildman–Crippen LogP) is 4.14. The quantitative estimate of drug-likeness (QED) is 0.540. The molecular weight excluding hydrogens is 406 g/mol. The molecule has 1 saturated carbocycles. The van der Waals surface area contributed by atoms with Crippen LogP contribution in [-0.2, 0) is 11.2 Å². The van der Waals surface area contributed by atoms with Crippen molar-refractivity contribution < 1.29 is 19.1 Å². The lowest BCUT2D eigenvalue weighted by Crippen LogP contribution is -2.54. The van der Waals surface area contributed by atoms with Crippen LogP contribution < -0.4 is 10.4 Å². The zero-order valence-corrected chi connectivity index (χ0v) is 19.1. The molecule has 1 aromatic heterocycles. The minimum absolute atomic E-state index is 0.0417. The van der Waals surface area contributed by atoms with Crippen LogP contribution in [0.15, 0.2) is 39.6 Å². The van der Waals surface area contributed by atoms with E-state index >= 15 is 0 Å². The van der Waals surface area contributed by atoms with Gasteiger partial charge in [-0.15, -0.1) is 0 Å². The highest BCUT2D eigenvalue weighted by molar-refractivity contribution is 5.83. The van der Waals surface area contributed by atoms with Crippen molar-refractivity contribution in [1.82, 2.24) is 4.90 Å². The molecule has 4 rings (SSSR count). The summed E-state index contributed by atoms with van der Waals surface area (Å²) in [6.45, 7) is 9.22. The fourth-order valence-corrected chi connectivity index (χ4v) is 5.15. The van der Waals surface area contributed by atoms with Gasteiger partial charge in [0.05, 0.1) is 5.60 Å². The lowest BCUT2D eigenvalue weighted by molar-refractivity contribution is -0.143. The zero-order valence-electron chi connectivity index (χ0n) is 19.1. The number of amides is 1. The molecule has 6 heteroatoms. The van der Waals surface area contributed by atoms with Crippen molar-refractivity contribution in [3.63, 3.8) is 0 Å². The first-order valence-corrected chi connectivity index (χ1v) is 11.6. The van der Waals surface area contributed by atoms with Gasteiger partial charge >= 0.3 is 5.63 Å². The molecule has 2 heterocycles. The first-order valence-electron chi connectivity index (χ1n) is 11.6. The predicted molar refractivity (Wildman–Crippen MR) is 124 cm³/mol. The molecule has 0 spiro atoms. The lowest BCUT2D eigenvalue weighted by atomic mass is 9.71. The minimum Gasteiger partial charge on any atom is -0.489 e. The molecule has 2 aromatic rings. The summed E-state index contributed by atoms with van der Waals surface area (Å²) in [4.78, 5) is 27.4. The molecule has 1 aromatic carbocycles. The van der Waals surface area contributed by atoms with Gasteiger partial charge in [0.1, 0.15) is 17.9 Å². The molecular formula is C26H33NO5. The van der Waals surface area contributed by atoms with E-state index in [4.69, 9.17) is 9.15 Å². The van der Waals surface area contributed by atoms with Gasteiger partial charge in [0.2, 0.25) is 5.91 Å². The fourth-order valence-electron chi connectivity index (χ4n) is 5.15. The average Bonchev–Trinajstić information content (AvgIpc) is 2.76. The van der Waals surface area contributed by atoms with E-state index in [9.17, 15) is 14.7 Å². The molecule has 1 aliphatic carbocycles. The van der Waals surface area contributed by atoms with Gasteiger partial charge in [0, 0.05) is 42.4 Å². The maximum atomic E-state index is 12.9. The Balaban J connectivity index is 1.44. The summed E-state index contributed by atoms with van der Waals surface area (Å²) in [6, 6.07) is 5.47. The number of benzene rings is 1. The van der Waals surface area contributed by atoms with Crippen molar-refractivity contribution in [1.29, 1.82) is 0 Å². The number of aryl methyl sites for hydroxylation is 1. The molecule has 0 unspecified atom stereocenters.